The fourth-order valence-corrected chi connectivity index (χ4v) is 1.33. The number of rotatable bonds is 3. The molecule has 0 spiro atoms. The maximum absolute atomic E-state index is 12.4. The van der Waals surface area contributed by atoms with Gasteiger partial charge in [-0.25, -0.2) is 13.8 Å². The first-order valence-electron chi connectivity index (χ1n) is 3.98. The largest absolute Gasteiger partial charge is 0.303 e. The maximum Gasteiger partial charge on any atom is 0.303 e. The van der Waals surface area contributed by atoms with Gasteiger partial charge >= 0.3 is 5.69 Å². The third-order valence-corrected chi connectivity index (χ3v) is 2.13. The lowest BCUT2D eigenvalue weighted by Gasteiger charge is -2.06. The lowest BCUT2D eigenvalue weighted by Crippen LogP contribution is -2.06. The van der Waals surface area contributed by atoms with Crippen LogP contribution in [0.15, 0.2) is 6.20 Å². The number of nitrogens with zero attached hydrogens (tertiary/aromatic N) is 2. The molecule has 0 aliphatic rings. The van der Waals surface area contributed by atoms with Crippen molar-refractivity contribution in [3.63, 3.8) is 0 Å². The van der Waals surface area contributed by atoms with E-state index in [2.05, 4.69) is 4.98 Å². The van der Waals surface area contributed by atoms with Crippen molar-refractivity contribution in [3.05, 3.63) is 33.1 Å². The molecule has 0 atom stereocenters. The van der Waals surface area contributed by atoms with Crippen molar-refractivity contribution in [2.45, 2.75) is 13.3 Å². The van der Waals surface area contributed by atoms with E-state index in [1.807, 2.05) is 0 Å². The Labute approximate surface area is 93.2 Å². The highest BCUT2D eigenvalue weighted by Crippen LogP contribution is 2.30. The zero-order valence-corrected chi connectivity index (χ0v) is 8.66. The first-order valence-corrected chi connectivity index (χ1v) is 4.36. The Morgan fingerprint density at radius 3 is 2.56 bits per heavy atom. The molecule has 0 amide bonds. The molecule has 0 aromatic carbocycles. The minimum atomic E-state index is -2.90. The normalized spacial score (nSPS) is 10.6. The Morgan fingerprint density at radius 1 is 1.62 bits per heavy atom. The molecule has 0 N–H and O–H groups in total. The van der Waals surface area contributed by atoms with Gasteiger partial charge in [-0.05, 0) is 18.5 Å². The molecule has 0 aliphatic carbocycles. The topological polar surface area (TPSA) is 73.1 Å². The average molecular weight is 251 g/mol. The van der Waals surface area contributed by atoms with Gasteiger partial charge in [-0.1, -0.05) is 0 Å². The summed E-state index contributed by atoms with van der Waals surface area (Å²) in [6, 6.07) is 0. The second kappa shape index (κ2) is 4.48. The molecular weight excluding hydrogens is 246 g/mol. The number of hydrogen-bond donors (Lipinski definition) is 0. The number of halogens is 3. The van der Waals surface area contributed by atoms with Crippen molar-refractivity contribution in [1.82, 2.24) is 4.98 Å². The van der Waals surface area contributed by atoms with Crippen LogP contribution in [0.25, 0.3) is 0 Å². The molecule has 0 radical (unpaired) electrons. The summed E-state index contributed by atoms with van der Waals surface area (Å²) in [5.41, 5.74) is -2.31. The van der Waals surface area contributed by atoms with Gasteiger partial charge in [0, 0.05) is 17.3 Å². The van der Waals surface area contributed by atoms with Crippen LogP contribution in [0.2, 0.25) is 0 Å². The van der Waals surface area contributed by atoms with E-state index in [4.69, 9.17) is 11.6 Å². The highest BCUT2D eigenvalue weighted by Gasteiger charge is 2.28. The second-order valence-corrected chi connectivity index (χ2v) is 3.21. The molecule has 86 valence electrons. The van der Waals surface area contributed by atoms with Crippen molar-refractivity contribution >= 4 is 22.5 Å². The standard InChI is InChI=1S/C8H5ClF2N2O3/c1-3-4(8(10)11)2-12-5(7(9)14)6(3)13(15)16/h2,8H,1H3. The van der Waals surface area contributed by atoms with E-state index in [-0.39, 0.29) is 5.56 Å². The lowest BCUT2D eigenvalue weighted by molar-refractivity contribution is -0.386. The molecule has 8 heteroatoms. The Balaban J connectivity index is 3.54. The van der Waals surface area contributed by atoms with Crippen LogP contribution >= 0.6 is 11.6 Å². The molecule has 0 unspecified atom stereocenters. The van der Waals surface area contributed by atoms with Crippen LogP contribution in [0, 0.1) is 17.0 Å². The fraction of sp³-hybridized carbons (Fsp3) is 0.250. The molecule has 0 bridgehead atoms. The number of pyridine rings is 1. The molecule has 0 fully saturated rings. The highest BCUT2D eigenvalue weighted by atomic mass is 35.5. The monoisotopic (exact) mass is 250 g/mol. The quantitative estimate of drug-likeness (QED) is 0.469. The number of alkyl halides is 2. The summed E-state index contributed by atoms with van der Waals surface area (Å²) in [5, 5.41) is 9.47. The van der Waals surface area contributed by atoms with Crippen LogP contribution in [0.3, 0.4) is 0 Å². The summed E-state index contributed by atoms with van der Waals surface area (Å²) in [7, 11) is 0. The summed E-state index contributed by atoms with van der Waals surface area (Å²) in [5.74, 6) is 0. The SMILES string of the molecule is Cc1c(C(F)F)cnc(C(=O)Cl)c1[N+](=O)[O-]. The van der Waals surface area contributed by atoms with Crippen molar-refractivity contribution in [3.8, 4) is 0 Å². The molecular formula is C8H5ClF2N2O3. The first-order chi connectivity index (χ1) is 7.36. The van der Waals surface area contributed by atoms with E-state index in [9.17, 15) is 23.7 Å². The zero-order chi connectivity index (χ0) is 12.5. The minimum absolute atomic E-state index is 0.306. The van der Waals surface area contributed by atoms with Gasteiger partial charge in [0.2, 0.25) is 5.69 Å². The predicted molar refractivity (Wildman–Crippen MR) is 50.8 cm³/mol. The summed E-state index contributed by atoms with van der Waals surface area (Å²) in [6.07, 6.45) is -2.19. The van der Waals surface area contributed by atoms with Crippen LogP contribution in [0.4, 0.5) is 14.5 Å². The average Bonchev–Trinajstić information content (AvgIpc) is 2.15. The van der Waals surface area contributed by atoms with Crippen LogP contribution < -0.4 is 0 Å². The van der Waals surface area contributed by atoms with E-state index in [0.29, 0.717) is 6.20 Å². The number of nitro groups is 1. The van der Waals surface area contributed by atoms with Crippen LogP contribution in [0.1, 0.15) is 28.0 Å². The molecule has 1 rings (SSSR count). The van der Waals surface area contributed by atoms with Gasteiger partial charge in [-0.2, -0.15) is 0 Å². The van der Waals surface area contributed by atoms with Crippen LogP contribution in [-0.2, 0) is 0 Å². The molecule has 5 nitrogen and oxygen atoms in total. The van der Waals surface area contributed by atoms with Crippen molar-refractivity contribution in [2.24, 2.45) is 0 Å². The lowest BCUT2D eigenvalue weighted by atomic mass is 10.1. The summed E-state index contributed by atoms with van der Waals surface area (Å²) < 4.78 is 24.8. The Morgan fingerprint density at radius 2 is 2.19 bits per heavy atom. The molecule has 16 heavy (non-hydrogen) atoms. The van der Waals surface area contributed by atoms with Crippen molar-refractivity contribution < 1.29 is 18.5 Å². The maximum atomic E-state index is 12.4. The van der Waals surface area contributed by atoms with Gasteiger partial charge in [-0.15, -0.1) is 0 Å². The van der Waals surface area contributed by atoms with Crippen molar-refractivity contribution in [2.75, 3.05) is 0 Å². The summed E-state index contributed by atoms with van der Waals surface area (Å²) in [6.45, 7) is 1.12. The van der Waals surface area contributed by atoms with E-state index < -0.39 is 33.5 Å². The number of hydrogen-bond acceptors (Lipinski definition) is 4. The van der Waals surface area contributed by atoms with Gasteiger partial charge in [-0.3, -0.25) is 14.9 Å². The van der Waals surface area contributed by atoms with E-state index >= 15 is 0 Å². The highest BCUT2D eigenvalue weighted by molar-refractivity contribution is 6.67. The van der Waals surface area contributed by atoms with Gasteiger partial charge < -0.3 is 0 Å². The third kappa shape index (κ3) is 2.13. The Bertz CT molecular complexity index is 465. The number of carbonyl (C=O) groups excluding carboxylic acids is 1. The van der Waals surface area contributed by atoms with Gasteiger partial charge in [0.15, 0.2) is 0 Å². The molecule has 0 saturated heterocycles. The fourth-order valence-electron chi connectivity index (χ4n) is 1.19. The molecule has 0 saturated carbocycles. The van der Waals surface area contributed by atoms with E-state index in [0.717, 1.165) is 6.92 Å². The van der Waals surface area contributed by atoms with Gasteiger partial charge in [0.05, 0.1) is 4.92 Å². The van der Waals surface area contributed by atoms with E-state index in [1.165, 1.54) is 0 Å². The smallest absolute Gasteiger partial charge is 0.274 e. The summed E-state index contributed by atoms with van der Waals surface area (Å²) in [4.78, 5) is 23.8. The number of carbonyl (C=O) groups is 1. The van der Waals surface area contributed by atoms with E-state index in [1.54, 1.807) is 0 Å². The third-order valence-electron chi connectivity index (χ3n) is 1.95. The Kier molecular flexibility index (Phi) is 3.48. The zero-order valence-electron chi connectivity index (χ0n) is 7.91. The summed E-state index contributed by atoms with van der Waals surface area (Å²) >= 11 is 5.06. The minimum Gasteiger partial charge on any atom is -0.274 e. The molecule has 1 aromatic rings. The Hall–Kier alpha value is -1.63. The second-order valence-electron chi connectivity index (χ2n) is 2.87. The number of aromatic nitrogens is 1. The first kappa shape index (κ1) is 12.4. The predicted octanol–water partition coefficient (Wildman–Crippen LogP) is 2.61. The molecule has 1 heterocycles. The van der Waals surface area contributed by atoms with Crippen LogP contribution in [-0.4, -0.2) is 15.1 Å². The molecule has 1 aromatic heterocycles. The van der Waals surface area contributed by atoms with Gasteiger partial charge in [0.1, 0.15) is 0 Å². The van der Waals surface area contributed by atoms with Crippen LogP contribution in [0.5, 0.6) is 0 Å². The molecule has 0 aliphatic heterocycles. The van der Waals surface area contributed by atoms with Crippen molar-refractivity contribution in [1.29, 1.82) is 0 Å². The van der Waals surface area contributed by atoms with Gasteiger partial charge in [0.25, 0.3) is 11.7 Å².